The Bertz CT molecular complexity index is 794. The average Bonchev–Trinajstić information content (AvgIpc) is 2.65. The van der Waals surface area contributed by atoms with Gasteiger partial charge in [-0.15, -0.1) is 0 Å². The fourth-order valence-corrected chi connectivity index (χ4v) is 4.34. The van der Waals surface area contributed by atoms with E-state index in [1.54, 1.807) is 7.11 Å². The monoisotopic (exact) mass is 365 g/mol. The summed E-state index contributed by atoms with van der Waals surface area (Å²) in [5, 5.41) is 12.1. The highest BCUT2D eigenvalue weighted by Gasteiger charge is 2.44. The van der Waals surface area contributed by atoms with Gasteiger partial charge >= 0.3 is 0 Å². The molecule has 2 atom stereocenters. The molecule has 1 fully saturated rings. The zero-order valence-corrected chi connectivity index (χ0v) is 16.9. The van der Waals surface area contributed by atoms with Gasteiger partial charge in [-0.2, -0.15) is 0 Å². The zero-order valence-electron chi connectivity index (χ0n) is 16.9. The maximum Gasteiger partial charge on any atom is 0.118 e. The van der Waals surface area contributed by atoms with Crippen molar-refractivity contribution in [2.45, 2.75) is 31.8 Å². The second-order valence-electron chi connectivity index (χ2n) is 7.88. The summed E-state index contributed by atoms with van der Waals surface area (Å²) >= 11 is 0. The lowest BCUT2D eigenvalue weighted by molar-refractivity contribution is -0.0178. The molecule has 1 N–H and O–H groups in total. The molecule has 0 saturated heterocycles. The van der Waals surface area contributed by atoms with Crippen LogP contribution in [0.2, 0.25) is 0 Å². The molecule has 2 aromatic carbocycles. The molecule has 3 heteroatoms. The van der Waals surface area contributed by atoms with E-state index in [-0.39, 0.29) is 5.92 Å². The molecule has 1 saturated carbocycles. The molecule has 0 heterocycles. The van der Waals surface area contributed by atoms with Crippen molar-refractivity contribution in [1.82, 2.24) is 4.90 Å². The van der Waals surface area contributed by atoms with E-state index in [1.807, 2.05) is 24.3 Å². The van der Waals surface area contributed by atoms with Crippen LogP contribution in [0.25, 0.3) is 6.08 Å². The summed E-state index contributed by atoms with van der Waals surface area (Å²) in [5.74, 6) is 1.02. The number of methoxy groups -OCH3 is 1. The van der Waals surface area contributed by atoms with Crippen molar-refractivity contribution in [1.29, 1.82) is 0 Å². The Morgan fingerprint density at radius 1 is 1.15 bits per heavy atom. The first-order chi connectivity index (χ1) is 12.9. The van der Waals surface area contributed by atoms with Gasteiger partial charge in [0.2, 0.25) is 0 Å². The minimum atomic E-state index is -0.937. The fourth-order valence-electron chi connectivity index (χ4n) is 4.34. The van der Waals surface area contributed by atoms with Crippen molar-refractivity contribution >= 4 is 6.08 Å². The van der Waals surface area contributed by atoms with Crippen molar-refractivity contribution in [3.8, 4) is 5.75 Å². The van der Waals surface area contributed by atoms with Crippen LogP contribution in [-0.2, 0) is 5.60 Å². The minimum absolute atomic E-state index is 0.173. The summed E-state index contributed by atoms with van der Waals surface area (Å²) < 4.78 is 5.27. The fraction of sp³-hybridized carbons (Fsp3) is 0.417. The predicted octanol–water partition coefficient (Wildman–Crippen LogP) is 4.64. The summed E-state index contributed by atoms with van der Waals surface area (Å²) in [4.78, 5) is 2.18. The molecule has 0 bridgehead atoms. The molecule has 0 spiro atoms. The van der Waals surface area contributed by atoms with Crippen molar-refractivity contribution in [2.24, 2.45) is 5.92 Å². The van der Waals surface area contributed by atoms with E-state index < -0.39 is 5.60 Å². The lowest BCUT2D eigenvalue weighted by Crippen LogP contribution is -2.45. The van der Waals surface area contributed by atoms with Gasteiger partial charge in [-0.05, 0) is 74.7 Å². The number of hydrogen-bond donors (Lipinski definition) is 1. The van der Waals surface area contributed by atoms with Crippen molar-refractivity contribution in [3.05, 3.63) is 70.8 Å². The number of benzene rings is 2. The van der Waals surface area contributed by atoms with Gasteiger partial charge in [-0.25, -0.2) is 0 Å². The molecular formula is C24H31NO2. The van der Waals surface area contributed by atoms with Crippen molar-refractivity contribution < 1.29 is 9.84 Å². The van der Waals surface area contributed by atoms with E-state index in [2.05, 4.69) is 56.3 Å². The molecule has 2 unspecified atom stereocenters. The molecular weight excluding hydrogens is 334 g/mol. The van der Waals surface area contributed by atoms with Gasteiger partial charge < -0.3 is 14.7 Å². The van der Waals surface area contributed by atoms with Gasteiger partial charge in [0.05, 0.1) is 7.11 Å². The van der Waals surface area contributed by atoms with Crippen molar-refractivity contribution in [2.75, 3.05) is 27.7 Å². The summed E-state index contributed by atoms with van der Waals surface area (Å²) in [6.07, 6.45) is 5.23. The Kier molecular flexibility index (Phi) is 6.03. The van der Waals surface area contributed by atoms with Crippen LogP contribution in [0.1, 0.15) is 36.0 Å². The largest absolute Gasteiger partial charge is 0.497 e. The number of hydrogen-bond acceptors (Lipinski definition) is 3. The maximum absolute atomic E-state index is 12.1. The summed E-state index contributed by atoms with van der Waals surface area (Å²) in [6.45, 7) is 2.96. The van der Waals surface area contributed by atoms with Crippen LogP contribution < -0.4 is 4.74 Å². The average molecular weight is 366 g/mol. The summed E-state index contributed by atoms with van der Waals surface area (Å²) in [6, 6.07) is 16.3. The SMILES string of the molecule is COc1ccc(C=C2CCCC(CN(C)C)C2(O)c2ccccc2C)cc1. The molecule has 1 aliphatic rings. The van der Waals surface area contributed by atoms with Crippen LogP contribution >= 0.6 is 0 Å². The van der Waals surface area contributed by atoms with Gasteiger partial charge in [0.1, 0.15) is 11.4 Å². The topological polar surface area (TPSA) is 32.7 Å². The number of ether oxygens (including phenoxy) is 1. The molecule has 0 amide bonds. The third-order valence-corrected chi connectivity index (χ3v) is 5.68. The molecule has 0 aliphatic heterocycles. The number of rotatable bonds is 5. The highest BCUT2D eigenvalue weighted by atomic mass is 16.5. The van der Waals surface area contributed by atoms with Crippen LogP contribution in [0.3, 0.4) is 0 Å². The third-order valence-electron chi connectivity index (χ3n) is 5.68. The Labute approximate surface area is 163 Å². The van der Waals surface area contributed by atoms with Crippen LogP contribution in [0.4, 0.5) is 0 Å². The number of nitrogens with zero attached hydrogens (tertiary/aromatic N) is 1. The Morgan fingerprint density at radius 2 is 1.85 bits per heavy atom. The van der Waals surface area contributed by atoms with Gasteiger partial charge in [0, 0.05) is 12.5 Å². The maximum atomic E-state index is 12.1. The van der Waals surface area contributed by atoms with Crippen LogP contribution in [0, 0.1) is 12.8 Å². The Balaban J connectivity index is 2.09. The quantitative estimate of drug-likeness (QED) is 0.838. The van der Waals surface area contributed by atoms with Gasteiger partial charge in [0.15, 0.2) is 0 Å². The standard InChI is InChI=1S/C24H31NO2/c1-18-8-5-6-11-23(18)24(26)20(9-7-10-21(24)17-25(2)3)16-19-12-14-22(27-4)15-13-19/h5-6,8,11-16,21,26H,7,9-10,17H2,1-4H3. The van der Waals surface area contributed by atoms with E-state index >= 15 is 0 Å². The molecule has 3 rings (SSSR count). The first-order valence-electron chi connectivity index (χ1n) is 9.73. The van der Waals surface area contributed by atoms with E-state index in [0.29, 0.717) is 0 Å². The second kappa shape index (κ2) is 8.28. The molecule has 0 aromatic heterocycles. The lowest BCUT2D eigenvalue weighted by Gasteiger charge is -2.44. The van der Waals surface area contributed by atoms with E-state index in [1.165, 1.54) is 0 Å². The second-order valence-corrected chi connectivity index (χ2v) is 7.88. The van der Waals surface area contributed by atoms with E-state index in [9.17, 15) is 5.11 Å². The molecule has 0 radical (unpaired) electrons. The van der Waals surface area contributed by atoms with Crippen LogP contribution in [0.5, 0.6) is 5.75 Å². The first kappa shape index (κ1) is 19.7. The Morgan fingerprint density at radius 3 is 2.48 bits per heavy atom. The molecule has 2 aromatic rings. The highest BCUT2D eigenvalue weighted by molar-refractivity contribution is 5.58. The summed E-state index contributed by atoms with van der Waals surface area (Å²) in [5.41, 5.74) is 3.46. The van der Waals surface area contributed by atoms with Gasteiger partial charge in [0.25, 0.3) is 0 Å². The predicted molar refractivity (Wildman–Crippen MR) is 112 cm³/mol. The number of aliphatic hydroxyl groups is 1. The molecule has 1 aliphatic carbocycles. The number of aryl methyl sites for hydroxylation is 1. The molecule has 27 heavy (non-hydrogen) atoms. The van der Waals surface area contributed by atoms with Crippen LogP contribution in [0.15, 0.2) is 54.1 Å². The van der Waals surface area contributed by atoms with E-state index in [4.69, 9.17) is 4.74 Å². The highest BCUT2D eigenvalue weighted by Crippen LogP contribution is 2.47. The minimum Gasteiger partial charge on any atom is -0.497 e. The van der Waals surface area contributed by atoms with E-state index in [0.717, 1.165) is 53.8 Å². The van der Waals surface area contributed by atoms with Gasteiger partial charge in [-0.1, -0.05) is 42.5 Å². The molecule has 144 valence electrons. The smallest absolute Gasteiger partial charge is 0.118 e. The lowest BCUT2D eigenvalue weighted by atomic mass is 9.67. The molecule has 3 nitrogen and oxygen atoms in total. The van der Waals surface area contributed by atoms with Gasteiger partial charge in [-0.3, -0.25) is 0 Å². The normalized spacial score (nSPS) is 24.4. The zero-order chi connectivity index (χ0) is 19.4. The Hall–Kier alpha value is -2.10. The van der Waals surface area contributed by atoms with Crippen molar-refractivity contribution in [3.63, 3.8) is 0 Å². The summed E-state index contributed by atoms with van der Waals surface area (Å²) in [7, 11) is 5.84. The van der Waals surface area contributed by atoms with Crippen LogP contribution in [-0.4, -0.2) is 37.8 Å². The first-order valence-corrected chi connectivity index (χ1v) is 9.73. The third kappa shape index (κ3) is 4.10.